The van der Waals surface area contributed by atoms with E-state index in [1.807, 2.05) is 42.5 Å². The predicted octanol–water partition coefficient (Wildman–Crippen LogP) is 6.28. The number of fused-ring (bicyclic) bond motifs is 2. The van der Waals surface area contributed by atoms with Gasteiger partial charge in [-0.1, -0.05) is 48.5 Å². The number of anilines is 1. The van der Waals surface area contributed by atoms with Crippen molar-refractivity contribution in [3.8, 4) is 5.88 Å². The first kappa shape index (κ1) is 25.3. The monoisotopic (exact) mass is 641 g/mol. The van der Waals surface area contributed by atoms with Gasteiger partial charge in [-0.15, -0.1) is 10.2 Å². The molecule has 0 aliphatic heterocycles. The SMILES string of the molecule is NS(=O)(=O)c1cccc(NC(=S)N=Nc2c(O)n(Cc3cccc4ccccc34)c3ccc(I)cc23)c1. The maximum atomic E-state index is 11.6. The lowest BCUT2D eigenvalue weighted by molar-refractivity contribution is 0.430. The Hall–Kier alpha value is -3.39. The first-order valence-corrected chi connectivity index (χ1v) is 14.1. The van der Waals surface area contributed by atoms with Crippen LogP contribution >= 0.6 is 34.8 Å². The minimum absolute atomic E-state index is 0.00782. The molecule has 186 valence electrons. The second kappa shape index (κ2) is 10.2. The molecule has 4 N–H and O–H groups in total. The zero-order valence-electron chi connectivity index (χ0n) is 19.2. The molecule has 0 spiro atoms. The maximum Gasteiger partial charge on any atom is 0.238 e. The molecule has 0 saturated heterocycles. The van der Waals surface area contributed by atoms with Gasteiger partial charge in [0.2, 0.25) is 21.0 Å². The summed E-state index contributed by atoms with van der Waals surface area (Å²) in [5, 5.41) is 30.6. The Bertz CT molecular complexity index is 1810. The van der Waals surface area contributed by atoms with E-state index in [0.29, 0.717) is 12.2 Å². The van der Waals surface area contributed by atoms with Crippen molar-refractivity contribution in [3.63, 3.8) is 0 Å². The average molecular weight is 642 g/mol. The number of benzene rings is 4. The summed E-state index contributed by atoms with van der Waals surface area (Å²) < 4.78 is 26.0. The van der Waals surface area contributed by atoms with Gasteiger partial charge >= 0.3 is 0 Å². The highest BCUT2D eigenvalue weighted by molar-refractivity contribution is 14.1. The highest BCUT2D eigenvalue weighted by Crippen LogP contribution is 2.40. The number of azo groups is 1. The Balaban J connectivity index is 1.49. The van der Waals surface area contributed by atoms with Gasteiger partial charge in [-0.05, 0) is 87.5 Å². The molecule has 8 nitrogen and oxygen atoms in total. The van der Waals surface area contributed by atoms with Crippen LogP contribution in [0.4, 0.5) is 11.4 Å². The highest BCUT2D eigenvalue weighted by atomic mass is 127. The Morgan fingerprint density at radius 2 is 1.76 bits per heavy atom. The molecule has 1 aromatic heterocycles. The van der Waals surface area contributed by atoms with Crippen LogP contribution in [0.25, 0.3) is 21.7 Å². The number of thiocarbonyl (C=S) groups is 1. The van der Waals surface area contributed by atoms with E-state index in [-0.39, 0.29) is 21.6 Å². The molecule has 0 radical (unpaired) electrons. The molecule has 0 aliphatic carbocycles. The fourth-order valence-corrected chi connectivity index (χ4v) is 5.36. The van der Waals surface area contributed by atoms with Gasteiger partial charge in [0, 0.05) is 14.6 Å². The third-order valence-electron chi connectivity index (χ3n) is 5.84. The van der Waals surface area contributed by atoms with Gasteiger partial charge < -0.3 is 15.0 Å². The molecular formula is C26H20IN5O3S2. The average Bonchev–Trinajstić information content (AvgIpc) is 3.12. The van der Waals surface area contributed by atoms with Gasteiger partial charge in [0.15, 0.2) is 5.69 Å². The van der Waals surface area contributed by atoms with Crippen LogP contribution in [0.15, 0.2) is 100 Å². The minimum atomic E-state index is -3.86. The van der Waals surface area contributed by atoms with E-state index in [9.17, 15) is 13.5 Å². The van der Waals surface area contributed by atoms with Crippen molar-refractivity contribution in [1.82, 2.24) is 4.57 Å². The number of hydrogen-bond acceptors (Lipinski definition) is 5. The molecule has 37 heavy (non-hydrogen) atoms. The fourth-order valence-electron chi connectivity index (χ4n) is 4.15. The standard InChI is InChI=1S/C26H20IN5O3S2/c27-18-11-12-23-22(13-18)24(30-31-26(36)29-19-8-4-9-20(14-19)37(28,34)35)25(33)32(23)15-17-7-3-6-16-5-1-2-10-21(16)17/h1-14,33H,15H2,(H,29,36)(H2,28,34,35). The first-order valence-electron chi connectivity index (χ1n) is 11.0. The van der Waals surface area contributed by atoms with Crippen molar-refractivity contribution in [3.05, 3.63) is 94.1 Å². The lowest BCUT2D eigenvalue weighted by Gasteiger charge is -2.10. The van der Waals surface area contributed by atoms with Gasteiger partial charge in [-0.25, -0.2) is 13.6 Å². The summed E-state index contributed by atoms with van der Waals surface area (Å²) in [6, 6.07) is 25.9. The van der Waals surface area contributed by atoms with Crippen LogP contribution in [-0.2, 0) is 16.6 Å². The minimum Gasteiger partial charge on any atom is -0.493 e. The number of nitrogens with two attached hydrogens (primary N) is 1. The normalized spacial score (nSPS) is 11.9. The number of primary sulfonamides is 1. The maximum absolute atomic E-state index is 11.6. The van der Waals surface area contributed by atoms with Crippen LogP contribution in [0.2, 0.25) is 0 Å². The van der Waals surface area contributed by atoms with Crippen molar-refractivity contribution in [1.29, 1.82) is 0 Å². The fraction of sp³-hybridized carbons (Fsp3) is 0.0385. The van der Waals surface area contributed by atoms with E-state index in [1.165, 1.54) is 18.2 Å². The van der Waals surface area contributed by atoms with E-state index in [2.05, 4.69) is 56.3 Å². The largest absolute Gasteiger partial charge is 0.493 e. The van der Waals surface area contributed by atoms with Gasteiger partial charge in [-0.3, -0.25) is 0 Å². The topological polar surface area (TPSA) is 122 Å². The molecule has 0 atom stereocenters. The molecule has 4 aromatic carbocycles. The summed E-state index contributed by atoms with van der Waals surface area (Å²) in [6.07, 6.45) is 0. The van der Waals surface area contributed by atoms with Crippen molar-refractivity contribution in [2.75, 3.05) is 5.32 Å². The summed E-state index contributed by atoms with van der Waals surface area (Å²) in [6.45, 7) is 0.433. The number of halogens is 1. The lowest BCUT2D eigenvalue weighted by Crippen LogP contribution is -2.13. The first-order chi connectivity index (χ1) is 17.7. The van der Waals surface area contributed by atoms with Crippen LogP contribution in [-0.4, -0.2) is 23.2 Å². The summed E-state index contributed by atoms with van der Waals surface area (Å²) >= 11 is 7.49. The second-order valence-electron chi connectivity index (χ2n) is 8.26. The molecule has 0 aliphatic rings. The van der Waals surface area contributed by atoms with E-state index in [0.717, 1.165) is 30.8 Å². The Morgan fingerprint density at radius 3 is 2.57 bits per heavy atom. The number of rotatable bonds is 5. The molecule has 5 rings (SSSR count). The van der Waals surface area contributed by atoms with Gasteiger partial charge in [0.25, 0.3) is 0 Å². The van der Waals surface area contributed by atoms with Crippen molar-refractivity contribution in [2.24, 2.45) is 15.4 Å². The van der Waals surface area contributed by atoms with Crippen molar-refractivity contribution >= 4 is 83.0 Å². The number of aromatic hydroxyl groups is 1. The Kier molecular flexibility index (Phi) is 6.94. The third-order valence-corrected chi connectivity index (χ3v) is 7.60. The van der Waals surface area contributed by atoms with E-state index in [1.54, 1.807) is 10.6 Å². The van der Waals surface area contributed by atoms with Crippen LogP contribution < -0.4 is 10.5 Å². The van der Waals surface area contributed by atoms with Crippen LogP contribution in [0.5, 0.6) is 5.88 Å². The molecule has 0 amide bonds. The smallest absolute Gasteiger partial charge is 0.238 e. The lowest BCUT2D eigenvalue weighted by atomic mass is 10.0. The molecule has 5 aromatic rings. The highest BCUT2D eigenvalue weighted by Gasteiger charge is 2.18. The van der Waals surface area contributed by atoms with E-state index in [4.69, 9.17) is 17.4 Å². The van der Waals surface area contributed by atoms with Crippen molar-refractivity contribution in [2.45, 2.75) is 11.4 Å². The molecule has 0 unspecified atom stereocenters. The number of aromatic nitrogens is 1. The summed E-state index contributed by atoms with van der Waals surface area (Å²) in [4.78, 5) is -0.0547. The number of sulfonamides is 1. The van der Waals surface area contributed by atoms with Gasteiger partial charge in [0.05, 0.1) is 17.0 Å². The number of nitrogens with one attached hydrogen (secondary N) is 1. The molecule has 0 fully saturated rings. The van der Waals surface area contributed by atoms with E-state index >= 15 is 0 Å². The number of nitrogens with zero attached hydrogens (tertiary/aromatic N) is 3. The van der Waals surface area contributed by atoms with Crippen LogP contribution in [0.3, 0.4) is 0 Å². The summed E-state index contributed by atoms with van der Waals surface area (Å²) in [7, 11) is -3.86. The zero-order chi connectivity index (χ0) is 26.2. The van der Waals surface area contributed by atoms with Crippen molar-refractivity contribution < 1.29 is 13.5 Å². The summed E-state index contributed by atoms with van der Waals surface area (Å²) in [5.41, 5.74) is 2.54. The summed E-state index contributed by atoms with van der Waals surface area (Å²) in [5.74, 6) is -0.0345. The van der Waals surface area contributed by atoms with Gasteiger partial charge in [-0.2, -0.15) is 0 Å². The van der Waals surface area contributed by atoms with E-state index < -0.39 is 10.0 Å². The third kappa shape index (κ3) is 5.34. The Labute approximate surface area is 232 Å². The number of hydrogen-bond donors (Lipinski definition) is 3. The molecule has 11 heteroatoms. The second-order valence-corrected chi connectivity index (χ2v) is 11.5. The van der Waals surface area contributed by atoms with Crippen LogP contribution in [0.1, 0.15) is 5.56 Å². The molecule has 1 heterocycles. The molecule has 0 bridgehead atoms. The van der Waals surface area contributed by atoms with Gasteiger partial charge in [0.1, 0.15) is 0 Å². The molecular weight excluding hydrogens is 621 g/mol. The quantitative estimate of drug-likeness (QED) is 0.119. The zero-order valence-corrected chi connectivity index (χ0v) is 23.0. The predicted molar refractivity (Wildman–Crippen MR) is 158 cm³/mol. The molecule has 0 saturated carbocycles. The van der Waals surface area contributed by atoms with Crippen LogP contribution in [0, 0.1) is 3.57 Å². The Morgan fingerprint density at radius 1 is 1.00 bits per heavy atom.